The van der Waals surface area contributed by atoms with Gasteiger partial charge in [-0.3, -0.25) is 18.9 Å². The molecular weight excluding hydrogens is 564 g/mol. The van der Waals surface area contributed by atoms with Crippen molar-refractivity contribution in [1.82, 2.24) is 19.5 Å². The van der Waals surface area contributed by atoms with Crippen molar-refractivity contribution in [3.63, 3.8) is 0 Å². The number of aliphatic hydroxyl groups is 5. The average molecular weight is 589 g/mol. The van der Waals surface area contributed by atoms with Gasteiger partial charge in [0.25, 0.3) is 5.56 Å². The molecule has 2 aliphatic heterocycles. The van der Waals surface area contributed by atoms with Gasteiger partial charge in [-0.1, -0.05) is 0 Å². The van der Waals surface area contributed by atoms with Crippen LogP contribution >= 0.6 is 15.6 Å². The van der Waals surface area contributed by atoms with Crippen LogP contribution in [0.25, 0.3) is 11.2 Å². The van der Waals surface area contributed by atoms with Crippen molar-refractivity contribution in [1.29, 1.82) is 0 Å². The van der Waals surface area contributed by atoms with Crippen molar-refractivity contribution in [3.8, 4) is 0 Å². The third-order valence-corrected chi connectivity index (χ3v) is 8.29. The first kappa shape index (κ1) is 29.1. The predicted molar refractivity (Wildman–Crippen MR) is 119 cm³/mol. The molecule has 0 radical (unpaired) electrons. The van der Waals surface area contributed by atoms with Crippen molar-refractivity contribution < 1.29 is 67.7 Å². The lowest BCUT2D eigenvalue weighted by atomic mass is 9.86. The fourth-order valence-corrected chi connectivity index (χ4v) is 6.03. The standard InChI is InChI=1S/C16H25N5O15P2/c1-4-7(22)9(24)10(25)12(34-4)16(21-3-18-6-13(21)19-15(17)20-14(6)27)11(26)8(23)5(35-16)2-33-38(31,32)36-37(28,29)30/h3-5,7-12,22-26H,2H2,1H3,(H,31,32)(H2,28,29,30)(H3,17,19,20,27)/t4-,5+,7+,8+,9+,10-,11+,12-,16-/m0/s1. The van der Waals surface area contributed by atoms with Crippen LogP contribution in [0.5, 0.6) is 0 Å². The van der Waals surface area contributed by atoms with E-state index in [0.29, 0.717) is 0 Å². The van der Waals surface area contributed by atoms with Crippen LogP contribution in [0.3, 0.4) is 0 Å². The van der Waals surface area contributed by atoms with E-state index in [9.17, 15) is 44.4 Å². The van der Waals surface area contributed by atoms with Crippen LogP contribution in [0.4, 0.5) is 5.95 Å². The molecule has 20 nitrogen and oxygen atoms in total. The second-order valence-corrected chi connectivity index (χ2v) is 11.5. The van der Waals surface area contributed by atoms with Gasteiger partial charge in [0, 0.05) is 0 Å². The molecule has 11 N–H and O–H groups in total. The average Bonchev–Trinajstić information content (AvgIpc) is 3.32. The summed E-state index contributed by atoms with van der Waals surface area (Å²) in [6, 6.07) is 0. The number of nitrogens with zero attached hydrogens (tertiary/aromatic N) is 3. The number of nitrogens with one attached hydrogen (secondary N) is 1. The van der Waals surface area contributed by atoms with Gasteiger partial charge in [-0.15, -0.1) is 0 Å². The summed E-state index contributed by atoms with van der Waals surface area (Å²) in [6.07, 6.45) is -13.6. The SMILES string of the molecule is C[C@@H]1O[C@H]([C@@]2(n3cnc4c(=O)[nH]c(N)nc43)O[C@H](COP(=O)(O)OP(=O)(O)O)[C@@H](O)[C@H]2O)[C@@H](O)[C@H](O)[C@@H]1O. The number of anilines is 1. The minimum absolute atomic E-state index is 0.336. The van der Waals surface area contributed by atoms with E-state index in [1.165, 1.54) is 6.92 Å². The maximum absolute atomic E-state index is 12.3. The van der Waals surface area contributed by atoms with Gasteiger partial charge in [-0.25, -0.2) is 14.1 Å². The number of nitrogens with two attached hydrogens (primary N) is 1. The van der Waals surface area contributed by atoms with Crippen molar-refractivity contribution in [3.05, 3.63) is 16.7 Å². The van der Waals surface area contributed by atoms with Gasteiger partial charge in [-0.05, 0) is 6.92 Å². The molecule has 10 atom stereocenters. The molecule has 1 unspecified atom stereocenters. The van der Waals surface area contributed by atoms with E-state index in [2.05, 4.69) is 23.8 Å². The summed E-state index contributed by atoms with van der Waals surface area (Å²) in [6.45, 7) is 0.188. The van der Waals surface area contributed by atoms with E-state index in [0.717, 1.165) is 10.9 Å². The maximum atomic E-state index is 12.3. The lowest BCUT2D eigenvalue weighted by Crippen LogP contribution is -2.67. The third-order valence-electron chi connectivity index (χ3n) is 6.14. The van der Waals surface area contributed by atoms with Crippen LogP contribution < -0.4 is 11.3 Å². The van der Waals surface area contributed by atoms with Gasteiger partial charge >= 0.3 is 15.6 Å². The number of aliphatic hydroxyl groups excluding tert-OH is 5. The van der Waals surface area contributed by atoms with Crippen LogP contribution in [-0.4, -0.2) is 115 Å². The zero-order chi connectivity index (χ0) is 28.4. The first-order valence-corrected chi connectivity index (χ1v) is 13.7. The molecule has 38 heavy (non-hydrogen) atoms. The third kappa shape index (κ3) is 5.05. The van der Waals surface area contributed by atoms with Gasteiger partial charge in [0.15, 0.2) is 11.2 Å². The van der Waals surface area contributed by atoms with Gasteiger partial charge in [0.05, 0.1) is 19.0 Å². The maximum Gasteiger partial charge on any atom is 0.481 e. The van der Waals surface area contributed by atoms with E-state index in [4.69, 9.17) is 25.0 Å². The molecule has 2 aromatic rings. The number of imidazole rings is 1. The Balaban J connectivity index is 1.81. The second kappa shape index (κ2) is 9.95. The largest absolute Gasteiger partial charge is 0.481 e. The summed E-state index contributed by atoms with van der Waals surface area (Å²) < 4.78 is 43.4. The number of nitrogen functional groups attached to an aromatic ring is 1. The molecule has 0 amide bonds. The topological polar surface area (TPSA) is 322 Å². The Bertz CT molecular complexity index is 1350. The lowest BCUT2D eigenvalue weighted by molar-refractivity contribution is -0.302. The number of phosphoric ester groups is 1. The highest BCUT2D eigenvalue weighted by atomic mass is 31.3. The second-order valence-electron chi connectivity index (χ2n) is 8.65. The molecular formula is C16H25N5O15P2. The Labute approximate surface area is 211 Å². The van der Waals surface area contributed by atoms with E-state index < -0.39 is 88.3 Å². The van der Waals surface area contributed by atoms with Gasteiger partial charge in [0.1, 0.15) is 42.7 Å². The summed E-state index contributed by atoms with van der Waals surface area (Å²) >= 11 is 0. The summed E-state index contributed by atoms with van der Waals surface area (Å²) in [7, 11) is -10.9. The molecule has 2 aliphatic rings. The summed E-state index contributed by atoms with van der Waals surface area (Å²) in [5.74, 6) is -0.406. The first-order chi connectivity index (χ1) is 17.5. The minimum atomic E-state index is -5.49. The highest BCUT2D eigenvalue weighted by Crippen LogP contribution is 2.58. The van der Waals surface area contributed by atoms with E-state index >= 15 is 0 Å². The van der Waals surface area contributed by atoms with Crippen LogP contribution in [0, 0.1) is 0 Å². The Kier molecular flexibility index (Phi) is 7.63. The number of hydrogen-bond donors (Lipinski definition) is 10. The molecule has 2 saturated heterocycles. The van der Waals surface area contributed by atoms with E-state index in [1.54, 1.807) is 0 Å². The van der Waals surface area contributed by atoms with Crippen LogP contribution in [0.1, 0.15) is 6.92 Å². The predicted octanol–water partition coefficient (Wildman–Crippen LogP) is -4.43. The summed E-state index contributed by atoms with van der Waals surface area (Å²) in [4.78, 5) is 49.5. The smallest absolute Gasteiger partial charge is 0.388 e. The quantitative estimate of drug-likeness (QED) is 0.136. The number of rotatable bonds is 7. The van der Waals surface area contributed by atoms with Gasteiger partial charge < -0.3 is 55.4 Å². The number of aromatic nitrogens is 4. The fraction of sp³-hybridized carbons (Fsp3) is 0.688. The zero-order valence-corrected chi connectivity index (χ0v) is 20.9. The Morgan fingerprint density at radius 3 is 2.42 bits per heavy atom. The van der Waals surface area contributed by atoms with E-state index in [1.807, 2.05) is 0 Å². The van der Waals surface area contributed by atoms with Crippen LogP contribution in [-0.2, 0) is 33.2 Å². The highest BCUT2D eigenvalue weighted by molar-refractivity contribution is 7.60. The minimum Gasteiger partial charge on any atom is -0.388 e. The number of fused-ring (bicyclic) bond motifs is 1. The molecule has 2 fully saturated rings. The van der Waals surface area contributed by atoms with Crippen molar-refractivity contribution in [2.24, 2.45) is 0 Å². The molecule has 0 bridgehead atoms. The Morgan fingerprint density at radius 2 is 1.79 bits per heavy atom. The number of phosphoric acid groups is 2. The number of H-pyrrole nitrogens is 1. The molecule has 22 heteroatoms. The zero-order valence-electron chi connectivity index (χ0n) is 19.2. The molecule has 214 valence electrons. The van der Waals surface area contributed by atoms with Crippen molar-refractivity contribution in [2.75, 3.05) is 12.3 Å². The first-order valence-electron chi connectivity index (χ1n) is 10.7. The normalized spacial score (nSPS) is 37.9. The molecule has 0 aliphatic carbocycles. The number of aromatic amines is 1. The van der Waals surface area contributed by atoms with Gasteiger partial charge in [0.2, 0.25) is 11.7 Å². The van der Waals surface area contributed by atoms with Crippen molar-refractivity contribution in [2.45, 2.75) is 61.5 Å². The number of hydrogen-bond acceptors (Lipinski definition) is 15. The molecule has 0 saturated carbocycles. The monoisotopic (exact) mass is 589 g/mol. The highest BCUT2D eigenvalue weighted by Gasteiger charge is 2.65. The molecule has 0 spiro atoms. The van der Waals surface area contributed by atoms with E-state index in [-0.39, 0.29) is 11.2 Å². The van der Waals surface area contributed by atoms with Crippen LogP contribution in [0.2, 0.25) is 0 Å². The lowest BCUT2D eigenvalue weighted by Gasteiger charge is -2.48. The van der Waals surface area contributed by atoms with Crippen molar-refractivity contribution >= 4 is 32.8 Å². The molecule has 2 aromatic heterocycles. The molecule has 4 rings (SSSR count). The summed E-state index contributed by atoms with van der Waals surface area (Å²) in [5.41, 5.74) is 1.60. The Hall–Kier alpha value is -1.87. The number of ether oxygens (including phenoxy) is 2. The molecule has 4 heterocycles. The fourth-order valence-electron chi connectivity index (χ4n) is 4.44. The summed E-state index contributed by atoms with van der Waals surface area (Å²) in [5, 5.41) is 53.4. The van der Waals surface area contributed by atoms with Crippen LogP contribution in [0.15, 0.2) is 11.1 Å². The Morgan fingerprint density at radius 1 is 1.13 bits per heavy atom. The van der Waals surface area contributed by atoms with Gasteiger partial charge in [-0.2, -0.15) is 9.29 Å². The molecule has 0 aromatic carbocycles.